The standard InChI is InChI=1S/C25H32N2O4/c1-16(2)31-14-8-13-27-23(20-9-6-7-10-21(20)24(27)28)26-22(25(29)30-5)19-12-11-17(3)15-18(19)4/h6-7,9-12,15-16,22-23,26H,8,13-14H2,1-5H3. The third-order valence-electron chi connectivity index (χ3n) is 5.55. The lowest BCUT2D eigenvalue weighted by Gasteiger charge is -2.30. The molecule has 0 aromatic heterocycles. The maximum atomic E-state index is 13.1. The summed E-state index contributed by atoms with van der Waals surface area (Å²) in [5, 5.41) is 3.42. The van der Waals surface area contributed by atoms with Gasteiger partial charge < -0.3 is 14.4 Å². The highest BCUT2D eigenvalue weighted by atomic mass is 16.5. The number of hydrogen-bond donors (Lipinski definition) is 1. The van der Waals surface area contributed by atoms with Gasteiger partial charge in [-0.2, -0.15) is 0 Å². The number of hydrogen-bond acceptors (Lipinski definition) is 5. The number of benzene rings is 2. The maximum Gasteiger partial charge on any atom is 0.327 e. The molecule has 3 rings (SSSR count). The Labute approximate surface area is 184 Å². The first-order valence-corrected chi connectivity index (χ1v) is 10.8. The molecule has 31 heavy (non-hydrogen) atoms. The number of carbonyl (C=O) groups excluding carboxylic acids is 2. The second-order valence-corrected chi connectivity index (χ2v) is 8.24. The summed E-state index contributed by atoms with van der Waals surface area (Å²) in [4.78, 5) is 27.7. The predicted molar refractivity (Wildman–Crippen MR) is 120 cm³/mol. The van der Waals surface area contributed by atoms with Crippen LogP contribution in [-0.4, -0.2) is 43.1 Å². The number of nitrogens with zero attached hydrogens (tertiary/aromatic N) is 1. The highest BCUT2D eigenvalue weighted by molar-refractivity contribution is 5.99. The highest BCUT2D eigenvalue weighted by Gasteiger charge is 2.39. The monoisotopic (exact) mass is 424 g/mol. The number of carbonyl (C=O) groups is 2. The fourth-order valence-corrected chi connectivity index (χ4v) is 4.04. The zero-order valence-electron chi connectivity index (χ0n) is 19.0. The SMILES string of the molecule is COC(=O)C(NC1c2ccccc2C(=O)N1CCCOC(C)C)c1ccc(C)cc1C. The average molecular weight is 425 g/mol. The van der Waals surface area contributed by atoms with Crippen LogP contribution in [0, 0.1) is 13.8 Å². The van der Waals surface area contributed by atoms with Gasteiger partial charge in [-0.3, -0.25) is 10.1 Å². The van der Waals surface area contributed by atoms with Crippen molar-refractivity contribution < 1.29 is 19.1 Å². The summed E-state index contributed by atoms with van der Waals surface area (Å²) in [6.45, 7) is 9.08. The minimum Gasteiger partial charge on any atom is -0.468 e. The van der Waals surface area contributed by atoms with E-state index in [9.17, 15) is 9.59 Å². The fourth-order valence-electron chi connectivity index (χ4n) is 4.04. The molecule has 0 saturated heterocycles. The largest absolute Gasteiger partial charge is 0.468 e. The second-order valence-electron chi connectivity index (χ2n) is 8.24. The number of methoxy groups -OCH3 is 1. The molecule has 2 aromatic rings. The summed E-state index contributed by atoms with van der Waals surface area (Å²) >= 11 is 0. The molecule has 0 bridgehead atoms. The zero-order valence-corrected chi connectivity index (χ0v) is 19.0. The quantitative estimate of drug-likeness (QED) is 0.485. The number of aryl methyl sites for hydroxylation is 2. The molecule has 0 spiro atoms. The van der Waals surface area contributed by atoms with Crippen molar-refractivity contribution in [3.05, 3.63) is 70.3 Å². The molecule has 6 heteroatoms. The highest BCUT2D eigenvalue weighted by Crippen LogP contribution is 2.34. The van der Waals surface area contributed by atoms with E-state index in [4.69, 9.17) is 9.47 Å². The molecule has 1 N–H and O–H groups in total. The minimum absolute atomic E-state index is 0.0399. The summed E-state index contributed by atoms with van der Waals surface area (Å²) < 4.78 is 10.8. The molecule has 166 valence electrons. The van der Waals surface area contributed by atoms with Crippen LogP contribution in [0.1, 0.15) is 65.1 Å². The number of fused-ring (bicyclic) bond motifs is 1. The molecule has 0 fully saturated rings. The first-order valence-electron chi connectivity index (χ1n) is 10.8. The van der Waals surface area contributed by atoms with Crippen LogP contribution >= 0.6 is 0 Å². The van der Waals surface area contributed by atoms with Gasteiger partial charge in [0.25, 0.3) is 5.91 Å². The summed E-state index contributed by atoms with van der Waals surface area (Å²) in [6.07, 6.45) is 0.434. The molecular weight excluding hydrogens is 392 g/mol. The Balaban J connectivity index is 1.90. The van der Waals surface area contributed by atoms with Gasteiger partial charge in [-0.15, -0.1) is 0 Å². The molecule has 1 amide bonds. The maximum absolute atomic E-state index is 13.1. The van der Waals surface area contributed by atoms with Crippen molar-refractivity contribution >= 4 is 11.9 Å². The molecule has 0 saturated carbocycles. The lowest BCUT2D eigenvalue weighted by molar-refractivity contribution is -0.144. The Morgan fingerprint density at radius 2 is 1.90 bits per heavy atom. The van der Waals surface area contributed by atoms with Crippen molar-refractivity contribution in [1.82, 2.24) is 10.2 Å². The fraction of sp³-hybridized carbons (Fsp3) is 0.440. The van der Waals surface area contributed by atoms with E-state index >= 15 is 0 Å². The van der Waals surface area contributed by atoms with Crippen LogP contribution in [-0.2, 0) is 14.3 Å². The van der Waals surface area contributed by atoms with Crippen molar-refractivity contribution in [1.29, 1.82) is 0 Å². The average Bonchev–Trinajstić information content (AvgIpc) is 3.00. The molecule has 1 heterocycles. The van der Waals surface area contributed by atoms with Gasteiger partial charge in [0.05, 0.1) is 13.2 Å². The normalized spacial score (nSPS) is 16.5. The third kappa shape index (κ3) is 5.14. The number of amides is 1. The van der Waals surface area contributed by atoms with E-state index in [0.717, 1.165) is 22.3 Å². The summed E-state index contributed by atoms with van der Waals surface area (Å²) in [5.41, 5.74) is 4.50. The number of rotatable bonds is 9. The van der Waals surface area contributed by atoms with Crippen molar-refractivity contribution in [3.8, 4) is 0 Å². The van der Waals surface area contributed by atoms with Gasteiger partial charge in [0.15, 0.2) is 0 Å². The Morgan fingerprint density at radius 1 is 1.16 bits per heavy atom. The molecule has 1 aliphatic rings. The Bertz CT molecular complexity index is 941. The van der Waals surface area contributed by atoms with E-state index in [1.54, 1.807) is 4.90 Å². The van der Waals surface area contributed by atoms with Crippen molar-refractivity contribution in [3.63, 3.8) is 0 Å². The van der Waals surface area contributed by atoms with E-state index in [0.29, 0.717) is 25.1 Å². The van der Waals surface area contributed by atoms with Crippen molar-refractivity contribution in [2.45, 2.75) is 52.4 Å². The van der Waals surface area contributed by atoms with Crippen LogP contribution < -0.4 is 5.32 Å². The smallest absolute Gasteiger partial charge is 0.327 e. The van der Waals surface area contributed by atoms with E-state index in [1.807, 2.05) is 70.2 Å². The first kappa shape index (κ1) is 23.0. The van der Waals surface area contributed by atoms with Crippen LogP contribution in [0.15, 0.2) is 42.5 Å². The van der Waals surface area contributed by atoms with Gasteiger partial charge in [-0.05, 0) is 51.3 Å². The molecule has 2 atom stereocenters. The van der Waals surface area contributed by atoms with E-state index in [-0.39, 0.29) is 18.0 Å². The lowest BCUT2D eigenvalue weighted by Crippen LogP contribution is -2.42. The molecule has 2 unspecified atom stereocenters. The predicted octanol–water partition coefficient (Wildman–Crippen LogP) is 4.08. The number of nitrogens with one attached hydrogen (secondary N) is 1. The summed E-state index contributed by atoms with van der Waals surface area (Å²) in [6, 6.07) is 12.8. The topological polar surface area (TPSA) is 67.9 Å². The van der Waals surface area contributed by atoms with Gasteiger partial charge in [0, 0.05) is 24.3 Å². The van der Waals surface area contributed by atoms with Gasteiger partial charge >= 0.3 is 5.97 Å². The van der Waals surface area contributed by atoms with E-state index in [2.05, 4.69) is 5.32 Å². The van der Waals surface area contributed by atoms with Crippen LogP contribution in [0.5, 0.6) is 0 Å². The van der Waals surface area contributed by atoms with Crippen LogP contribution in [0.2, 0.25) is 0 Å². The molecule has 1 aliphatic heterocycles. The van der Waals surface area contributed by atoms with E-state index in [1.165, 1.54) is 7.11 Å². The van der Waals surface area contributed by atoms with Crippen molar-refractivity contribution in [2.75, 3.05) is 20.3 Å². The van der Waals surface area contributed by atoms with Crippen LogP contribution in [0.4, 0.5) is 0 Å². The Hall–Kier alpha value is -2.70. The molecular formula is C25H32N2O4. The van der Waals surface area contributed by atoms with Crippen LogP contribution in [0.3, 0.4) is 0 Å². The Kier molecular flexibility index (Phi) is 7.46. The molecule has 0 radical (unpaired) electrons. The van der Waals surface area contributed by atoms with Gasteiger partial charge in [0.1, 0.15) is 12.2 Å². The lowest BCUT2D eigenvalue weighted by atomic mass is 9.98. The first-order chi connectivity index (χ1) is 14.8. The van der Waals surface area contributed by atoms with E-state index < -0.39 is 12.2 Å². The Morgan fingerprint density at radius 3 is 2.58 bits per heavy atom. The van der Waals surface area contributed by atoms with Gasteiger partial charge in [-0.25, -0.2) is 4.79 Å². The zero-order chi connectivity index (χ0) is 22.5. The number of esters is 1. The molecule has 2 aromatic carbocycles. The third-order valence-corrected chi connectivity index (χ3v) is 5.55. The van der Waals surface area contributed by atoms with Gasteiger partial charge in [0.2, 0.25) is 0 Å². The van der Waals surface area contributed by atoms with Gasteiger partial charge in [-0.1, -0.05) is 42.0 Å². The summed E-state index contributed by atoms with van der Waals surface area (Å²) in [7, 11) is 1.38. The molecule has 0 aliphatic carbocycles. The summed E-state index contributed by atoms with van der Waals surface area (Å²) in [5.74, 6) is -0.422. The number of ether oxygens (including phenoxy) is 2. The molecule has 6 nitrogen and oxygen atoms in total. The van der Waals surface area contributed by atoms with Crippen molar-refractivity contribution in [2.24, 2.45) is 0 Å². The van der Waals surface area contributed by atoms with Crippen LogP contribution in [0.25, 0.3) is 0 Å². The minimum atomic E-state index is -0.691. The second kappa shape index (κ2) is 10.1.